The first kappa shape index (κ1) is 25.1. The van der Waals surface area contributed by atoms with Crippen LogP contribution < -0.4 is 10.6 Å². The smallest absolute Gasteiger partial charge is 0.356 e. The summed E-state index contributed by atoms with van der Waals surface area (Å²) in [4.78, 5) is 36.2. The summed E-state index contributed by atoms with van der Waals surface area (Å²) in [6, 6.07) is 6.49. The average Bonchev–Trinajstić information content (AvgIpc) is 3.56. The first-order valence-corrected chi connectivity index (χ1v) is 12.3. The standard InChI is InChI=1S/C25H22FN5O4S.ClH/c1-3-34-24(33)23-22-13(8-28-23)19(20-15(29-22)9-27-10-16(20)32)17-4-5-18(35-17)36-25-30-14-7-12(26)6-11(2)21(14)31-25;/h4-8,19,27-29H,3,9-10H2,1-2H3,(H,30,31);1H. The van der Waals surface area contributed by atoms with E-state index in [1.807, 2.05) is 19.1 Å². The van der Waals surface area contributed by atoms with Gasteiger partial charge in [0.05, 0.1) is 35.8 Å². The Hall–Kier alpha value is -3.54. The first-order valence-electron chi connectivity index (χ1n) is 11.5. The number of nitrogens with one attached hydrogen (secondary N) is 4. The number of carbonyl (C=O) groups is 2. The molecule has 2 aliphatic heterocycles. The van der Waals surface area contributed by atoms with Crippen molar-refractivity contribution in [2.75, 3.05) is 25.0 Å². The third kappa shape index (κ3) is 4.32. The maximum Gasteiger partial charge on any atom is 0.356 e. The van der Waals surface area contributed by atoms with Crippen molar-refractivity contribution in [3.05, 3.63) is 70.1 Å². The van der Waals surface area contributed by atoms with Gasteiger partial charge < -0.3 is 29.8 Å². The SMILES string of the molecule is CCOC(=O)c1[nH]cc2c1NC1=C(C(=O)CNC1)C2c1ccc(Sc2nc3c(C)cc(F)cc3[nH]2)o1.Cl. The summed E-state index contributed by atoms with van der Waals surface area (Å²) in [7, 11) is 0. The van der Waals surface area contributed by atoms with Crippen LogP contribution in [0.15, 0.2) is 56.4 Å². The quantitative estimate of drug-likeness (QED) is 0.268. The summed E-state index contributed by atoms with van der Waals surface area (Å²) in [6.07, 6.45) is 1.71. The van der Waals surface area contributed by atoms with Gasteiger partial charge in [-0.25, -0.2) is 14.2 Å². The molecule has 4 N–H and O–H groups in total. The summed E-state index contributed by atoms with van der Waals surface area (Å²) < 4.78 is 25.2. The van der Waals surface area contributed by atoms with E-state index in [9.17, 15) is 14.0 Å². The number of Topliss-reactive ketones (excluding diaryl/α,β-unsaturated/α-hetero) is 1. The predicted octanol–water partition coefficient (Wildman–Crippen LogP) is 4.67. The number of H-pyrrole nitrogens is 2. The maximum absolute atomic E-state index is 13.8. The van der Waals surface area contributed by atoms with Crippen LogP contribution in [0.4, 0.5) is 10.1 Å². The molecule has 6 rings (SSSR count). The largest absolute Gasteiger partial charge is 0.461 e. The Morgan fingerprint density at radius 3 is 2.95 bits per heavy atom. The molecule has 37 heavy (non-hydrogen) atoms. The van der Waals surface area contributed by atoms with Gasteiger partial charge in [-0.2, -0.15) is 0 Å². The molecule has 0 saturated heterocycles. The fourth-order valence-electron chi connectivity index (χ4n) is 4.79. The Morgan fingerprint density at radius 1 is 1.30 bits per heavy atom. The number of ether oxygens (including phenoxy) is 1. The molecule has 192 valence electrons. The molecule has 2 aliphatic rings. The van der Waals surface area contributed by atoms with Gasteiger partial charge in [0.1, 0.15) is 17.3 Å². The lowest BCUT2D eigenvalue weighted by Crippen LogP contribution is -2.39. The molecule has 1 atom stereocenters. The van der Waals surface area contributed by atoms with Crippen LogP contribution in [-0.2, 0) is 9.53 Å². The van der Waals surface area contributed by atoms with Crippen molar-refractivity contribution in [1.82, 2.24) is 20.3 Å². The van der Waals surface area contributed by atoms with Crippen molar-refractivity contribution in [3.63, 3.8) is 0 Å². The molecule has 0 bridgehead atoms. The van der Waals surface area contributed by atoms with Gasteiger partial charge in [-0.3, -0.25) is 4.79 Å². The summed E-state index contributed by atoms with van der Waals surface area (Å²) in [5.74, 6) is -0.774. The molecule has 3 aromatic heterocycles. The normalized spacial score (nSPS) is 16.7. The van der Waals surface area contributed by atoms with Crippen LogP contribution in [0.3, 0.4) is 0 Å². The van der Waals surface area contributed by atoms with Gasteiger partial charge >= 0.3 is 5.97 Å². The molecular formula is C25H23ClFN5O4S. The monoisotopic (exact) mass is 543 g/mol. The van der Waals surface area contributed by atoms with Gasteiger partial charge in [-0.1, -0.05) is 0 Å². The zero-order valence-electron chi connectivity index (χ0n) is 19.9. The molecule has 4 aromatic rings. The highest BCUT2D eigenvalue weighted by Crippen LogP contribution is 2.45. The predicted molar refractivity (Wildman–Crippen MR) is 138 cm³/mol. The van der Waals surface area contributed by atoms with E-state index in [0.29, 0.717) is 56.2 Å². The zero-order valence-corrected chi connectivity index (χ0v) is 21.5. The number of fused-ring (bicyclic) bond motifs is 2. The fraction of sp³-hybridized carbons (Fsp3) is 0.240. The van der Waals surface area contributed by atoms with Gasteiger partial charge in [0.2, 0.25) is 0 Å². The van der Waals surface area contributed by atoms with Crippen LogP contribution in [0.5, 0.6) is 0 Å². The van der Waals surface area contributed by atoms with E-state index in [0.717, 1.165) is 11.1 Å². The number of hydrogen-bond donors (Lipinski definition) is 4. The third-order valence-corrected chi connectivity index (χ3v) is 7.09. The Bertz CT molecular complexity index is 1570. The number of carbonyl (C=O) groups excluding carboxylic acids is 2. The molecule has 5 heterocycles. The van der Waals surface area contributed by atoms with Crippen molar-refractivity contribution in [1.29, 1.82) is 0 Å². The van der Waals surface area contributed by atoms with E-state index in [2.05, 4.69) is 25.6 Å². The van der Waals surface area contributed by atoms with Gasteiger partial charge in [0, 0.05) is 29.6 Å². The third-order valence-electron chi connectivity index (χ3n) is 6.28. The molecule has 0 saturated carbocycles. The van der Waals surface area contributed by atoms with Crippen molar-refractivity contribution in [2.24, 2.45) is 0 Å². The highest BCUT2D eigenvalue weighted by Gasteiger charge is 2.39. The van der Waals surface area contributed by atoms with Gasteiger partial charge in [-0.15, -0.1) is 12.4 Å². The number of benzene rings is 1. The molecule has 1 aromatic carbocycles. The highest BCUT2D eigenvalue weighted by atomic mass is 35.5. The Balaban J connectivity index is 0.00000280. The second-order valence-electron chi connectivity index (χ2n) is 8.61. The molecular weight excluding hydrogens is 521 g/mol. The number of hydrogen-bond acceptors (Lipinski definition) is 8. The Labute approximate surface area is 221 Å². The van der Waals surface area contributed by atoms with Crippen molar-refractivity contribution in [3.8, 4) is 0 Å². The van der Waals surface area contributed by atoms with Crippen LogP contribution >= 0.6 is 24.2 Å². The van der Waals surface area contributed by atoms with Crippen LogP contribution in [0, 0.1) is 12.7 Å². The summed E-state index contributed by atoms with van der Waals surface area (Å²) >= 11 is 1.27. The number of rotatable bonds is 5. The molecule has 12 heteroatoms. The fourth-order valence-corrected chi connectivity index (χ4v) is 5.55. The minimum atomic E-state index is -0.494. The summed E-state index contributed by atoms with van der Waals surface area (Å²) in [5.41, 5.74) is 4.96. The minimum Gasteiger partial charge on any atom is -0.461 e. The number of furan rings is 1. The van der Waals surface area contributed by atoms with Crippen molar-refractivity contribution < 1.29 is 23.1 Å². The lowest BCUT2D eigenvalue weighted by atomic mass is 9.82. The lowest BCUT2D eigenvalue weighted by Gasteiger charge is -2.31. The second kappa shape index (κ2) is 9.73. The van der Waals surface area contributed by atoms with Crippen LogP contribution in [0.25, 0.3) is 11.0 Å². The minimum absolute atomic E-state index is 0. The van der Waals surface area contributed by atoms with Crippen LogP contribution in [0.1, 0.15) is 40.2 Å². The maximum atomic E-state index is 13.8. The Kier molecular flexibility index (Phi) is 6.61. The van der Waals surface area contributed by atoms with Crippen LogP contribution in [-0.4, -0.2) is 46.4 Å². The van der Waals surface area contributed by atoms with Gasteiger partial charge in [0.25, 0.3) is 0 Å². The molecule has 9 nitrogen and oxygen atoms in total. The number of ketones is 1. The first-order chi connectivity index (χ1) is 17.4. The van der Waals surface area contributed by atoms with E-state index in [-0.39, 0.29) is 37.2 Å². The Morgan fingerprint density at radius 2 is 2.14 bits per heavy atom. The number of halogens is 2. The molecule has 0 fully saturated rings. The van der Waals surface area contributed by atoms with Gasteiger partial charge in [0.15, 0.2) is 16.0 Å². The number of anilines is 1. The van der Waals surface area contributed by atoms with E-state index < -0.39 is 11.9 Å². The number of nitrogens with zero attached hydrogens (tertiary/aromatic N) is 1. The molecule has 0 amide bonds. The number of aromatic amines is 2. The van der Waals surface area contributed by atoms with E-state index in [1.54, 1.807) is 13.1 Å². The van der Waals surface area contributed by atoms with E-state index >= 15 is 0 Å². The van der Waals surface area contributed by atoms with Crippen LogP contribution in [0.2, 0.25) is 0 Å². The zero-order chi connectivity index (χ0) is 25.0. The summed E-state index contributed by atoms with van der Waals surface area (Å²) in [5, 5.41) is 7.48. The number of aryl methyl sites for hydroxylation is 1. The highest BCUT2D eigenvalue weighted by molar-refractivity contribution is 7.99. The summed E-state index contributed by atoms with van der Waals surface area (Å²) in [6.45, 7) is 4.48. The second-order valence-corrected chi connectivity index (χ2v) is 9.60. The average molecular weight is 544 g/mol. The van der Waals surface area contributed by atoms with E-state index in [4.69, 9.17) is 9.15 Å². The number of aromatic nitrogens is 3. The van der Waals surface area contributed by atoms with Gasteiger partial charge in [-0.05, 0) is 55.4 Å². The number of esters is 1. The van der Waals surface area contributed by atoms with Crippen molar-refractivity contribution in [2.45, 2.75) is 30.0 Å². The molecule has 0 radical (unpaired) electrons. The van der Waals surface area contributed by atoms with E-state index in [1.165, 1.54) is 23.9 Å². The molecule has 0 spiro atoms. The molecule has 1 unspecified atom stereocenters. The van der Waals surface area contributed by atoms with Crippen molar-refractivity contribution >= 4 is 52.6 Å². The number of imidazole rings is 1. The topological polar surface area (TPSA) is 125 Å². The molecule has 0 aliphatic carbocycles. The lowest BCUT2D eigenvalue weighted by molar-refractivity contribution is -0.115.